The summed E-state index contributed by atoms with van der Waals surface area (Å²) < 4.78 is 5.22. The Hall–Kier alpha value is -2.70. The van der Waals surface area contributed by atoms with Gasteiger partial charge in [0.1, 0.15) is 17.1 Å². The summed E-state index contributed by atoms with van der Waals surface area (Å²) in [5, 5.41) is 17.1. The predicted octanol–water partition coefficient (Wildman–Crippen LogP) is 3.64. The largest absolute Gasteiger partial charge is 0.451 e. The molecule has 2 atom stereocenters. The summed E-state index contributed by atoms with van der Waals surface area (Å²) in [5.41, 5.74) is 1.55. The number of nitriles is 1. The number of ether oxygens (including phenoxy) is 1. The number of hydrogen-bond acceptors (Lipinski definition) is 7. The van der Waals surface area contributed by atoms with E-state index in [9.17, 15) is 19.6 Å². The van der Waals surface area contributed by atoms with E-state index in [0.717, 1.165) is 42.5 Å². The topological polar surface area (TPSA) is 108 Å². The number of nitrogens with zero attached hydrogens (tertiary/aromatic N) is 1. The van der Waals surface area contributed by atoms with Crippen LogP contribution in [0.4, 0.5) is 5.00 Å². The van der Waals surface area contributed by atoms with Gasteiger partial charge in [0.15, 0.2) is 6.10 Å². The maximum atomic E-state index is 12.6. The Balaban J connectivity index is 1.59. The van der Waals surface area contributed by atoms with Gasteiger partial charge in [-0.1, -0.05) is 12.5 Å². The van der Waals surface area contributed by atoms with Gasteiger partial charge in [0.25, 0.3) is 11.8 Å². The summed E-state index contributed by atoms with van der Waals surface area (Å²) in [6, 6.07) is 4.71. The maximum absolute atomic E-state index is 12.6. The van der Waals surface area contributed by atoms with Crippen molar-refractivity contribution in [1.29, 1.82) is 5.26 Å². The number of carbonyl (C=O) groups excluding carboxylic acids is 3. The van der Waals surface area contributed by atoms with Crippen molar-refractivity contribution in [3.63, 3.8) is 0 Å². The van der Waals surface area contributed by atoms with Gasteiger partial charge >= 0.3 is 5.97 Å². The second-order valence-electron chi connectivity index (χ2n) is 7.12. The van der Waals surface area contributed by atoms with Gasteiger partial charge in [-0.25, -0.2) is 4.79 Å². The van der Waals surface area contributed by atoms with E-state index in [1.54, 1.807) is 17.5 Å². The number of nitrogens with one attached hydrogen (secondary N) is 2. The molecule has 2 amide bonds. The molecule has 0 aliphatic heterocycles. The smallest absolute Gasteiger partial charge is 0.329 e. The SMILES string of the molecule is CC(NC(=O)c1cccs1)C(=O)OC(C)C(=O)Nc1sc2c(c1C#N)CCCCC2. The Labute approximate surface area is 183 Å². The quantitative estimate of drug-likeness (QED) is 0.521. The molecule has 0 spiro atoms. The molecule has 2 N–H and O–H groups in total. The van der Waals surface area contributed by atoms with E-state index in [4.69, 9.17) is 4.74 Å². The number of thiophene rings is 2. The van der Waals surface area contributed by atoms with E-state index in [1.807, 2.05) is 0 Å². The van der Waals surface area contributed by atoms with Gasteiger partial charge in [0.05, 0.1) is 10.4 Å². The fourth-order valence-corrected chi connectivity index (χ4v) is 5.10. The minimum atomic E-state index is -1.06. The van der Waals surface area contributed by atoms with Crippen molar-refractivity contribution >= 4 is 45.5 Å². The molecule has 1 aliphatic carbocycles. The van der Waals surface area contributed by atoms with Gasteiger partial charge in [-0.15, -0.1) is 22.7 Å². The molecule has 0 fully saturated rings. The molecule has 30 heavy (non-hydrogen) atoms. The molecule has 3 rings (SSSR count). The summed E-state index contributed by atoms with van der Waals surface area (Å²) in [5.74, 6) is -1.58. The molecule has 2 heterocycles. The summed E-state index contributed by atoms with van der Waals surface area (Å²) >= 11 is 2.69. The van der Waals surface area contributed by atoms with Gasteiger partial charge in [-0.2, -0.15) is 5.26 Å². The highest BCUT2D eigenvalue weighted by Crippen LogP contribution is 2.37. The summed E-state index contributed by atoms with van der Waals surface area (Å²) in [6.07, 6.45) is 3.95. The van der Waals surface area contributed by atoms with Crippen LogP contribution in [-0.4, -0.2) is 29.9 Å². The van der Waals surface area contributed by atoms with E-state index in [-0.39, 0.29) is 5.91 Å². The molecule has 158 valence electrons. The van der Waals surface area contributed by atoms with E-state index in [2.05, 4.69) is 16.7 Å². The third-order valence-electron chi connectivity index (χ3n) is 4.88. The summed E-state index contributed by atoms with van der Waals surface area (Å²) in [7, 11) is 0. The highest BCUT2D eigenvalue weighted by atomic mass is 32.1. The molecule has 0 saturated heterocycles. The fourth-order valence-electron chi connectivity index (χ4n) is 3.23. The maximum Gasteiger partial charge on any atom is 0.329 e. The molecule has 2 aromatic rings. The number of esters is 1. The minimum Gasteiger partial charge on any atom is -0.451 e. The lowest BCUT2D eigenvalue weighted by Crippen LogP contribution is -2.42. The average Bonchev–Trinajstić information content (AvgIpc) is 3.30. The molecule has 0 aromatic carbocycles. The first-order chi connectivity index (χ1) is 14.4. The van der Waals surface area contributed by atoms with Gasteiger partial charge in [0.2, 0.25) is 0 Å². The van der Waals surface area contributed by atoms with Crippen LogP contribution in [0.15, 0.2) is 17.5 Å². The molecule has 2 unspecified atom stereocenters. The standard InChI is InChI=1S/C21H23N3O4S2/c1-12(23-19(26)17-9-6-10-29-17)21(27)28-13(2)18(25)24-20-15(11-22)14-7-4-3-5-8-16(14)30-20/h6,9-10,12-13H,3-5,7-8H2,1-2H3,(H,23,26)(H,24,25). The first-order valence-electron chi connectivity index (χ1n) is 9.81. The first kappa shape index (κ1) is 22.0. The van der Waals surface area contributed by atoms with Crippen molar-refractivity contribution in [3.8, 4) is 6.07 Å². The molecular formula is C21H23N3O4S2. The monoisotopic (exact) mass is 445 g/mol. The second kappa shape index (κ2) is 9.87. The number of aryl methyl sites for hydroxylation is 1. The number of anilines is 1. The normalized spacial score (nSPS) is 15.1. The van der Waals surface area contributed by atoms with Crippen LogP contribution in [-0.2, 0) is 27.2 Å². The van der Waals surface area contributed by atoms with Crippen LogP contribution in [0, 0.1) is 11.3 Å². The lowest BCUT2D eigenvalue weighted by atomic mass is 10.1. The highest BCUT2D eigenvalue weighted by Gasteiger charge is 2.26. The van der Waals surface area contributed by atoms with Gasteiger partial charge in [0, 0.05) is 4.88 Å². The second-order valence-corrected chi connectivity index (χ2v) is 9.17. The van der Waals surface area contributed by atoms with Crippen molar-refractivity contribution in [1.82, 2.24) is 5.32 Å². The number of rotatable bonds is 6. The van der Waals surface area contributed by atoms with Crippen molar-refractivity contribution in [2.75, 3.05) is 5.32 Å². The van der Waals surface area contributed by atoms with Crippen LogP contribution >= 0.6 is 22.7 Å². The lowest BCUT2D eigenvalue weighted by molar-refractivity contribution is -0.154. The number of carbonyl (C=O) groups is 3. The first-order valence-corrected chi connectivity index (χ1v) is 11.5. The zero-order valence-corrected chi connectivity index (χ0v) is 18.5. The van der Waals surface area contributed by atoms with Gasteiger partial charge in [-0.05, 0) is 56.5 Å². The third-order valence-corrected chi connectivity index (χ3v) is 6.95. The van der Waals surface area contributed by atoms with Crippen LogP contribution in [0.2, 0.25) is 0 Å². The van der Waals surface area contributed by atoms with E-state index in [1.165, 1.54) is 36.5 Å². The third kappa shape index (κ3) is 5.07. The number of fused-ring (bicyclic) bond motifs is 1. The summed E-state index contributed by atoms with van der Waals surface area (Å²) in [4.78, 5) is 38.5. The number of amides is 2. The van der Waals surface area contributed by atoms with Crippen molar-refractivity contribution in [2.45, 2.75) is 58.1 Å². The number of hydrogen-bond donors (Lipinski definition) is 2. The van der Waals surface area contributed by atoms with E-state index < -0.39 is 24.0 Å². The molecule has 0 bridgehead atoms. The van der Waals surface area contributed by atoms with Crippen LogP contribution in [0.1, 0.15) is 58.8 Å². The Morgan fingerprint density at radius 3 is 2.67 bits per heavy atom. The molecule has 0 radical (unpaired) electrons. The Morgan fingerprint density at radius 1 is 1.20 bits per heavy atom. The zero-order chi connectivity index (χ0) is 21.7. The van der Waals surface area contributed by atoms with Gasteiger partial charge in [-0.3, -0.25) is 9.59 Å². The van der Waals surface area contributed by atoms with E-state index in [0.29, 0.717) is 15.4 Å². The van der Waals surface area contributed by atoms with Crippen LogP contribution in [0.3, 0.4) is 0 Å². The molecule has 9 heteroatoms. The van der Waals surface area contributed by atoms with Crippen LogP contribution in [0.5, 0.6) is 0 Å². The van der Waals surface area contributed by atoms with Crippen molar-refractivity contribution in [2.24, 2.45) is 0 Å². The van der Waals surface area contributed by atoms with E-state index >= 15 is 0 Å². The van der Waals surface area contributed by atoms with Gasteiger partial charge < -0.3 is 15.4 Å². The fraction of sp³-hybridized carbons (Fsp3) is 0.429. The Kier molecular flexibility index (Phi) is 7.24. The molecule has 7 nitrogen and oxygen atoms in total. The Morgan fingerprint density at radius 2 is 1.97 bits per heavy atom. The predicted molar refractivity (Wildman–Crippen MR) is 116 cm³/mol. The minimum absolute atomic E-state index is 0.370. The highest BCUT2D eigenvalue weighted by molar-refractivity contribution is 7.16. The van der Waals surface area contributed by atoms with Crippen molar-refractivity contribution < 1.29 is 19.1 Å². The van der Waals surface area contributed by atoms with Crippen LogP contribution < -0.4 is 10.6 Å². The Bertz CT molecular complexity index is 975. The summed E-state index contributed by atoms with van der Waals surface area (Å²) in [6.45, 7) is 2.97. The molecule has 1 aliphatic rings. The molecule has 2 aromatic heterocycles. The average molecular weight is 446 g/mol. The van der Waals surface area contributed by atoms with Crippen molar-refractivity contribution in [3.05, 3.63) is 38.4 Å². The zero-order valence-electron chi connectivity index (χ0n) is 16.8. The lowest BCUT2D eigenvalue weighted by Gasteiger charge is -2.17. The van der Waals surface area contributed by atoms with Crippen LogP contribution in [0.25, 0.3) is 0 Å². The molecular weight excluding hydrogens is 422 g/mol. The molecule has 0 saturated carbocycles.